The lowest BCUT2D eigenvalue weighted by molar-refractivity contribution is 0.0339. The zero-order valence-electron chi connectivity index (χ0n) is 14.6. The number of hydrogen-bond donors (Lipinski definition) is 4. The number of aliphatic hydroxyl groups is 3. The van der Waals surface area contributed by atoms with Crippen molar-refractivity contribution in [3.05, 3.63) is 64.7 Å². The number of benzene rings is 2. The van der Waals surface area contributed by atoms with Crippen molar-refractivity contribution in [2.24, 2.45) is 0 Å². The SMILES string of the molecule is COc1ccc(C(Cc2ccc(Cl)cc2)NC(CO)(CO)CO)cc1.Cl. The molecule has 0 fully saturated rings. The normalized spacial score (nSPS) is 12.3. The van der Waals surface area contributed by atoms with Crippen LogP contribution in [-0.4, -0.2) is 47.8 Å². The van der Waals surface area contributed by atoms with Crippen molar-refractivity contribution in [2.75, 3.05) is 26.9 Å². The van der Waals surface area contributed by atoms with E-state index < -0.39 is 5.54 Å². The van der Waals surface area contributed by atoms with Gasteiger partial charge >= 0.3 is 0 Å². The Kier molecular flexibility index (Phi) is 9.36. The van der Waals surface area contributed by atoms with Crippen molar-refractivity contribution in [3.63, 3.8) is 0 Å². The van der Waals surface area contributed by atoms with Gasteiger partial charge in [-0.3, -0.25) is 5.32 Å². The molecule has 26 heavy (non-hydrogen) atoms. The molecule has 0 amide bonds. The summed E-state index contributed by atoms with van der Waals surface area (Å²) in [4.78, 5) is 0. The Balaban J connectivity index is 0.00000338. The van der Waals surface area contributed by atoms with Gasteiger partial charge in [-0.15, -0.1) is 12.4 Å². The third kappa shape index (κ3) is 5.84. The maximum Gasteiger partial charge on any atom is 0.118 e. The Morgan fingerprint density at radius 2 is 1.50 bits per heavy atom. The van der Waals surface area contributed by atoms with Crippen molar-refractivity contribution < 1.29 is 20.1 Å². The molecule has 5 nitrogen and oxygen atoms in total. The van der Waals surface area contributed by atoms with Gasteiger partial charge in [-0.05, 0) is 41.8 Å². The third-order valence-electron chi connectivity index (χ3n) is 4.26. The first-order valence-corrected chi connectivity index (χ1v) is 8.42. The van der Waals surface area contributed by atoms with E-state index in [1.54, 1.807) is 7.11 Å². The van der Waals surface area contributed by atoms with Crippen LogP contribution in [0.5, 0.6) is 5.75 Å². The lowest BCUT2D eigenvalue weighted by Gasteiger charge is -2.34. The van der Waals surface area contributed by atoms with Crippen LogP contribution < -0.4 is 10.1 Å². The molecular formula is C19H25Cl2NO4. The highest BCUT2D eigenvalue weighted by Gasteiger charge is 2.31. The molecule has 0 bridgehead atoms. The third-order valence-corrected chi connectivity index (χ3v) is 4.51. The minimum absolute atomic E-state index is 0. The summed E-state index contributed by atoms with van der Waals surface area (Å²) < 4.78 is 5.19. The maximum absolute atomic E-state index is 9.64. The topological polar surface area (TPSA) is 82.0 Å². The van der Waals surface area contributed by atoms with Crippen LogP contribution >= 0.6 is 24.0 Å². The number of methoxy groups -OCH3 is 1. The molecule has 144 valence electrons. The van der Waals surface area contributed by atoms with Crippen molar-refractivity contribution in [1.29, 1.82) is 0 Å². The summed E-state index contributed by atoms with van der Waals surface area (Å²) in [5.74, 6) is 0.742. The summed E-state index contributed by atoms with van der Waals surface area (Å²) >= 11 is 5.94. The van der Waals surface area contributed by atoms with Crippen LogP contribution in [0.1, 0.15) is 17.2 Å². The number of ether oxygens (including phenoxy) is 1. The van der Waals surface area contributed by atoms with Gasteiger partial charge in [0.25, 0.3) is 0 Å². The Bertz CT molecular complexity index is 637. The van der Waals surface area contributed by atoms with E-state index in [0.717, 1.165) is 16.9 Å². The number of rotatable bonds is 9. The van der Waals surface area contributed by atoms with E-state index in [0.29, 0.717) is 11.4 Å². The predicted octanol–water partition coefficient (Wildman–Crippen LogP) is 2.36. The van der Waals surface area contributed by atoms with Gasteiger partial charge in [0.15, 0.2) is 0 Å². The molecule has 0 saturated carbocycles. The van der Waals surface area contributed by atoms with E-state index >= 15 is 0 Å². The van der Waals surface area contributed by atoms with Crippen molar-refractivity contribution >= 4 is 24.0 Å². The zero-order valence-corrected chi connectivity index (χ0v) is 16.1. The molecule has 0 radical (unpaired) electrons. The van der Waals surface area contributed by atoms with Crippen molar-refractivity contribution in [3.8, 4) is 5.75 Å². The molecule has 2 aromatic rings. The van der Waals surface area contributed by atoms with Crippen LogP contribution in [-0.2, 0) is 6.42 Å². The molecule has 1 unspecified atom stereocenters. The van der Waals surface area contributed by atoms with E-state index in [9.17, 15) is 15.3 Å². The summed E-state index contributed by atoms with van der Waals surface area (Å²) in [6.07, 6.45) is 0.602. The fourth-order valence-corrected chi connectivity index (χ4v) is 2.73. The van der Waals surface area contributed by atoms with Gasteiger partial charge < -0.3 is 20.1 Å². The Morgan fingerprint density at radius 1 is 0.962 bits per heavy atom. The highest BCUT2D eigenvalue weighted by Crippen LogP contribution is 2.24. The van der Waals surface area contributed by atoms with Gasteiger partial charge in [0, 0.05) is 11.1 Å². The molecule has 0 spiro atoms. The molecule has 0 aliphatic rings. The smallest absolute Gasteiger partial charge is 0.118 e. The molecule has 7 heteroatoms. The molecule has 1 atom stereocenters. The molecule has 0 saturated heterocycles. The summed E-state index contributed by atoms with van der Waals surface area (Å²) in [5.41, 5.74) is 0.827. The number of hydrogen-bond acceptors (Lipinski definition) is 5. The fourth-order valence-electron chi connectivity index (χ4n) is 2.60. The second kappa shape index (κ2) is 10.7. The van der Waals surface area contributed by atoms with Crippen molar-refractivity contribution in [1.82, 2.24) is 5.32 Å². The molecule has 0 heterocycles. The molecule has 0 aliphatic heterocycles. The number of nitrogens with one attached hydrogen (secondary N) is 1. The first-order chi connectivity index (χ1) is 12.1. The van der Waals surface area contributed by atoms with E-state index in [1.165, 1.54) is 0 Å². The van der Waals surface area contributed by atoms with E-state index in [1.807, 2.05) is 48.5 Å². The van der Waals surface area contributed by atoms with Gasteiger partial charge in [0.05, 0.1) is 32.5 Å². The average molecular weight is 402 g/mol. The van der Waals surface area contributed by atoms with Crippen LogP contribution in [0.3, 0.4) is 0 Å². The molecule has 0 aromatic heterocycles. The Hall–Kier alpha value is -1.34. The monoisotopic (exact) mass is 401 g/mol. The summed E-state index contributed by atoms with van der Waals surface area (Å²) in [6.45, 7) is -1.15. The van der Waals surface area contributed by atoms with Crippen LogP contribution in [0.2, 0.25) is 5.02 Å². The van der Waals surface area contributed by atoms with Gasteiger partial charge in [0.1, 0.15) is 5.75 Å². The standard InChI is InChI=1S/C19H24ClNO4.ClH/c1-25-17-8-4-15(5-9-17)18(21-19(11-22,12-23)13-24)10-14-2-6-16(20)7-3-14;/h2-9,18,21-24H,10-13H2,1H3;1H. The van der Waals surface area contributed by atoms with Crippen LogP contribution in [0.15, 0.2) is 48.5 Å². The lowest BCUT2D eigenvalue weighted by Crippen LogP contribution is -2.56. The minimum atomic E-state index is -1.17. The highest BCUT2D eigenvalue weighted by molar-refractivity contribution is 6.30. The predicted molar refractivity (Wildman–Crippen MR) is 105 cm³/mol. The average Bonchev–Trinajstić information content (AvgIpc) is 2.67. The molecule has 2 rings (SSSR count). The quantitative estimate of drug-likeness (QED) is 0.518. The molecule has 2 aromatic carbocycles. The van der Waals surface area contributed by atoms with Crippen LogP contribution in [0.25, 0.3) is 0 Å². The number of aliphatic hydroxyl groups excluding tert-OH is 3. The zero-order chi connectivity index (χ0) is 18.3. The maximum atomic E-state index is 9.64. The number of halogens is 2. The van der Waals surface area contributed by atoms with Crippen molar-refractivity contribution in [2.45, 2.75) is 18.0 Å². The Labute approximate surface area is 165 Å². The lowest BCUT2D eigenvalue weighted by atomic mass is 9.94. The molecular weight excluding hydrogens is 377 g/mol. The minimum Gasteiger partial charge on any atom is -0.497 e. The largest absolute Gasteiger partial charge is 0.497 e. The second-order valence-corrected chi connectivity index (χ2v) is 6.49. The fraction of sp³-hybridized carbons (Fsp3) is 0.368. The summed E-state index contributed by atoms with van der Waals surface area (Å²) in [5, 5.41) is 32.8. The molecule has 4 N–H and O–H groups in total. The Morgan fingerprint density at radius 3 is 1.96 bits per heavy atom. The van der Waals surface area contributed by atoms with Crippen LogP contribution in [0.4, 0.5) is 0 Å². The first-order valence-electron chi connectivity index (χ1n) is 8.04. The summed E-state index contributed by atoms with van der Waals surface area (Å²) in [7, 11) is 1.60. The van der Waals surface area contributed by atoms with E-state index in [4.69, 9.17) is 16.3 Å². The van der Waals surface area contributed by atoms with Crippen LogP contribution in [0, 0.1) is 0 Å². The van der Waals surface area contributed by atoms with E-state index in [2.05, 4.69) is 5.32 Å². The van der Waals surface area contributed by atoms with Gasteiger partial charge in [0.2, 0.25) is 0 Å². The van der Waals surface area contributed by atoms with Gasteiger partial charge in [-0.2, -0.15) is 0 Å². The van der Waals surface area contributed by atoms with E-state index in [-0.39, 0.29) is 38.3 Å². The van der Waals surface area contributed by atoms with Gasteiger partial charge in [-0.1, -0.05) is 35.9 Å². The second-order valence-electron chi connectivity index (χ2n) is 6.06. The highest BCUT2D eigenvalue weighted by atomic mass is 35.5. The summed E-state index contributed by atoms with van der Waals surface area (Å²) in [6, 6.07) is 14.8. The first kappa shape index (κ1) is 22.7. The van der Waals surface area contributed by atoms with Gasteiger partial charge in [-0.25, -0.2) is 0 Å². The molecule has 0 aliphatic carbocycles.